The second kappa shape index (κ2) is 21.4. The van der Waals surface area contributed by atoms with Gasteiger partial charge in [0.2, 0.25) is 0 Å². The Kier molecular flexibility index (Phi) is 15.0. The monoisotopic (exact) mass is 1430 g/mol. The summed E-state index contributed by atoms with van der Waals surface area (Å²) in [5.41, 5.74) is 17.6. The minimum atomic E-state index is -0.453. The van der Waals surface area contributed by atoms with E-state index in [0.717, 1.165) is 71.6 Å². The molecule has 1 aliphatic heterocycles. The number of benzene rings is 10. The zero-order valence-corrected chi connectivity index (χ0v) is 50.6. The number of fused-ring (bicyclic) bond motifs is 6. The van der Waals surface area contributed by atoms with Crippen molar-refractivity contribution in [2.75, 3.05) is 0 Å². The van der Waals surface area contributed by atoms with E-state index in [-0.39, 0.29) is 62.2 Å². The molecule has 1 saturated heterocycles. The van der Waals surface area contributed by atoms with E-state index in [1.807, 2.05) is 42.5 Å². The normalized spacial score (nSPS) is 13.6. The molecule has 0 atom stereocenters. The maximum absolute atomic E-state index is 6.50. The van der Waals surface area contributed by atoms with E-state index in [2.05, 4.69) is 216 Å². The van der Waals surface area contributed by atoms with Crippen molar-refractivity contribution in [1.82, 2.24) is 0 Å². The summed E-state index contributed by atoms with van der Waals surface area (Å²) in [5, 5.41) is 4.85. The molecule has 0 spiro atoms. The van der Waals surface area contributed by atoms with Crippen molar-refractivity contribution in [2.24, 2.45) is 0 Å². The zero-order chi connectivity index (χ0) is 49.0. The minimum absolute atomic E-state index is 0. The van der Waals surface area contributed by atoms with Crippen LogP contribution in [0.3, 0.4) is 0 Å². The maximum atomic E-state index is 6.50. The zero-order valence-electron chi connectivity index (χ0n) is 41.5. The molecule has 0 saturated carbocycles. The van der Waals surface area contributed by atoms with Crippen LogP contribution in [-0.4, -0.2) is 18.3 Å². The first-order chi connectivity index (χ1) is 35.1. The van der Waals surface area contributed by atoms with E-state index in [1.54, 1.807) is 0 Å². The summed E-state index contributed by atoms with van der Waals surface area (Å²) in [6.07, 6.45) is 0. The van der Waals surface area contributed by atoms with Crippen LogP contribution >= 0.6 is 11.6 Å². The number of rotatable bonds is 7. The van der Waals surface area contributed by atoms with E-state index < -0.39 is 18.3 Å². The van der Waals surface area contributed by atoms with Crippen LogP contribution in [0.2, 0.25) is 5.02 Å². The topological polar surface area (TPSA) is 44.7 Å². The maximum Gasteiger partial charge on any atom is 0.495 e. The molecule has 2 aromatic heterocycles. The molecule has 13 rings (SSSR count). The largest absolute Gasteiger partial charge is 0.495 e. The summed E-state index contributed by atoms with van der Waals surface area (Å²) in [5.74, 6) is 0. The molecule has 0 aliphatic carbocycles. The molecule has 0 N–H and O–H groups in total. The Labute approximate surface area is 485 Å². The van der Waals surface area contributed by atoms with Crippen LogP contribution in [0.15, 0.2) is 239 Å². The van der Waals surface area contributed by atoms with Gasteiger partial charge in [-0.05, 0) is 107 Å². The van der Waals surface area contributed by atoms with E-state index in [1.165, 1.54) is 44.5 Å². The van der Waals surface area contributed by atoms with Gasteiger partial charge in [0.1, 0.15) is 22.3 Å². The molecule has 74 heavy (non-hydrogen) atoms. The fourth-order valence-electron chi connectivity index (χ4n) is 9.96. The summed E-state index contributed by atoms with van der Waals surface area (Å²) >= 11 is 6.45. The number of halogens is 1. The molecule has 3 heterocycles. The average Bonchev–Trinajstić information content (AvgIpc) is 4.08. The van der Waals surface area contributed by atoms with Crippen LogP contribution in [0.4, 0.5) is 0 Å². The fraction of sp³-hybridized carbons (Fsp3) is 0.0909. The van der Waals surface area contributed by atoms with Crippen LogP contribution in [-0.2, 0) is 9.31 Å². The molecule has 0 radical (unpaired) electrons. The predicted molar refractivity (Wildman–Crippen MR) is 301 cm³/mol. The third kappa shape index (κ3) is 9.82. The molecule has 0 amide bonds. The summed E-state index contributed by atoms with van der Waals surface area (Å²) in [7, 11) is -0.453. The minimum Gasteiger partial charge on any atom is -0.455 e. The van der Waals surface area contributed by atoms with Gasteiger partial charge in [-0.15, -0.1) is 0 Å². The van der Waals surface area contributed by atoms with Gasteiger partial charge in [-0.25, -0.2) is 0 Å². The van der Waals surface area contributed by atoms with Gasteiger partial charge in [0.15, 0.2) is 0 Å². The predicted octanol–water partition coefficient (Wildman–Crippen LogP) is 18.1. The summed E-state index contributed by atoms with van der Waals surface area (Å²) < 4.78 is 25.5. The molecule has 8 heteroatoms. The van der Waals surface area contributed by atoms with Gasteiger partial charge in [-0.2, -0.15) is 0 Å². The standard InChI is InChI=1S/C36H31BO3.C30H19ClO.2U/c1-35(2)36(3,4)40-37(39-35)31-14-9-15-32-33(31)30-13-8-12-29(34(30)38-32)28-22-20-27(21-23-28)26-18-16-25(17-19-26)24-10-6-5-7-11-24;31-27-10-5-11-28-29(27)26-9-4-8-25(30(26)32-28)24-18-16-23(17-19-24)22-14-12-21(13-15-22)20-6-2-1-3-7-20;;/h5-23H,1-4H3;1-19H;;. The van der Waals surface area contributed by atoms with Crippen molar-refractivity contribution in [3.8, 4) is 66.8 Å². The Morgan fingerprint density at radius 2 is 0.649 bits per heavy atom. The molecule has 10 aromatic carbocycles. The number of hydrogen-bond acceptors (Lipinski definition) is 4. The van der Waals surface area contributed by atoms with Crippen LogP contribution in [0.1, 0.15) is 27.7 Å². The Hall–Kier alpha value is -5.82. The molecule has 1 fully saturated rings. The summed E-state index contributed by atoms with van der Waals surface area (Å²) in [6.45, 7) is 8.33. The Balaban J connectivity index is 0.000000169. The van der Waals surface area contributed by atoms with Gasteiger partial charge in [-0.1, -0.05) is 224 Å². The molecular formula is C66H50BClO4U2. The SMILES string of the molecule is CC1(C)OB(c2cccc3oc4c(-c5ccc(-c6ccc(-c7ccccc7)cc6)cc5)cccc4c23)OC1(C)C.Clc1cccc2oc3c(-c4ccc(-c5ccc(-c6ccccc6)cc5)cc4)cccc3c12.[U].[U]. The van der Waals surface area contributed by atoms with Gasteiger partial charge >= 0.3 is 7.12 Å². The van der Waals surface area contributed by atoms with Crippen LogP contribution in [0.25, 0.3) is 111 Å². The molecule has 0 bridgehead atoms. The molecular weight excluding hydrogens is 1380 g/mol. The summed E-state index contributed by atoms with van der Waals surface area (Å²) in [6, 6.07) is 80.3. The Morgan fingerprint density at radius 3 is 1.05 bits per heavy atom. The summed E-state index contributed by atoms with van der Waals surface area (Å²) in [4.78, 5) is 0. The Bertz CT molecular complexity index is 3890. The quantitative estimate of drug-likeness (QED) is 0.149. The van der Waals surface area contributed by atoms with Crippen molar-refractivity contribution in [3.63, 3.8) is 0 Å². The second-order valence-corrected chi connectivity index (χ2v) is 19.9. The van der Waals surface area contributed by atoms with E-state index in [9.17, 15) is 0 Å². The molecule has 4 nitrogen and oxygen atoms in total. The smallest absolute Gasteiger partial charge is 0.455 e. The molecule has 1 aliphatic rings. The first-order valence-electron chi connectivity index (χ1n) is 24.5. The first kappa shape index (κ1) is 51.7. The average molecular weight is 1430 g/mol. The van der Waals surface area contributed by atoms with Gasteiger partial charge in [0.25, 0.3) is 0 Å². The second-order valence-electron chi connectivity index (χ2n) is 19.5. The molecule has 0 unspecified atom stereocenters. The van der Waals surface area contributed by atoms with Gasteiger partial charge < -0.3 is 18.1 Å². The van der Waals surface area contributed by atoms with Crippen molar-refractivity contribution < 1.29 is 80.4 Å². The van der Waals surface area contributed by atoms with Gasteiger partial charge in [-0.3, -0.25) is 0 Å². The number of hydrogen-bond donors (Lipinski definition) is 0. The molecule has 356 valence electrons. The van der Waals surface area contributed by atoms with Crippen molar-refractivity contribution in [1.29, 1.82) is 0 Å². The molecule has 12 aromatic rings. The third-order valence-corrected chi connectivity index (χ3v) is 14.9. The van der Waals surface area contributed by atoms with E-state index in [4.69, 9.17) is 29.7 Å². The van der Waals surface area contributed by atoms with Crippen molar-refractivity contribution in [3.05, 3.63) is 236 Å². The third-order valence-electron chi connectivity index (χ3n) is 14.6. The number of furan rings is 2. The van der Waals surface area contributed by atoms with Crippen molar-refractivity contribution >= 4 is 68.1 Å². The van der Waals surface area contributed by atoms with Crippen LogP contribution in [0.5, 0.6) is 0 Å². The number of para-hydroxylation sites is 2. The van der Waals surface area contributed by atoms with Gasteiger partial charge in [0.05, 0.1) is 16.2 Å². The van der Waals surface area contributed by atoms with Crippen LogP contribution in [0, 0.1) is 62.2 Å². The Morgan fingerprint density at radius 1 is 0.324 bits per heavy atom. The first-order valence-corrected chi connectivity index (χ1v) is 24.9. The van der Waals surface area contributed by atoms with E-state index in [0.29, 0.717) is 5.02 Å². The fourth-order valence-corrected chi connectivity index (χ4v) is 10.2. The van der Waals surface area contributed by atoms with Crippen LogP contribution < -0.4 is 5.46 Å². The van der Waals surface area contributed by atoms with Gasteiger partial charge in [0, 0.05) is 94.9 Å². The van der Waals surface area contributed by atoms with E-state index >= 15 is 0 Å². The van der Waals surface area contributed by atoms with Crippen molar-refractivity contribution in [2.45, 2.75) is 38.9 Å².